The lowest BCUT2D eigenvalue weighted by molar-refractivity contribution is 0.354. The Balaban J connectivity index is 1.70. The summed E-state index contributed by atoms with van der Waals surface area (Å²) in [6, 6.07) is 15.8. The van der Waals surface area contributed by atoms with Gasteiger partial charge in [-0.3, -0.25) is 9.20 Å². The van der Waals surface area contributed by atoms with Gasteiger partial charge in [0.2, 0.25) is 0 Å². The minimum atomic E-state index is -0.903. The molecule has 0 heterocycles. The van der Waals surface area contributed by atoms with Gasteiger partial charge in [0.15, 0.2) is 17.5 Å². The number of methoxy groups -OCH3 is 2. The smallest absolute Gasteiger partial charge is 0.191 e. The molecule has 1 atom stereocenters. The fourth-order valence-corrected chi connectivity index (χ4v) is 3.74. The molecule has 0 saturated heterocycles. The maximum atomic E-state index is 12.2. The summed E-state index contributed by atoms with van der Waals surface area (Å²) in [5, 5.41) is 6.49. The molecule has 0 aliphatic rings. The molecule has 0 aliphatic carbocycles. The van der Waals surface area contributed by atoms with Crippen LogP contribution in [0, 0.1) is 0 Å². The molecule has 0 aliphatic heterocycles. The Morgan fingerprint density at radius 2 is 1.68 bits per heavy atom. The molecule has 2 aromatic rings. The molecule has 0 aromatic heterocycles. The van der Waals surface area contributed by atoms with E-state index >= 15 is 0 Å². The van der Waals surface area contributed by atoms with Gasteiger partial charge in [0.25, 0.3) is 0 Å². The number of benzene rings is 2. The molecule has 0 radical (unpaired) electrons. The summed E-state index contributed by atoms with van der Waals surface area (Å²) in [6.07, 6.45) is 0.820. The zero-order valence-corrected chi connectivity index (χ0v) is 17.6. The molecule has 0 bridgehead atoms. The van der Waals surface area contributed by atoms with E-state index in [1.807, 2.05) is 48.5 Å². The largest absolute Gasteiger partial charge is 0.493 e. The quantitative estimate of drug-likeness (QED) is 0.471. The van der Waals surface area contributed by atoms with Crippen LogP contribution in [0.4, 0.5) is 0 Å². The van der Waals surface area contributed by atoms with Gasteiger partial charge in [0.05, 0.1) is 14.2 Å². The molecule has 1 unspecified atom stereocenters. The minimum Gasteiger partial charge on any atom is -0.493 e. The van der Waals surface area contributed by atoms with E-state index < -0.39 is 10.8 Å². The van der Waals surface area contributed by atoms with E-state index in [9.17, 15) is 4.21 Å². The molecule has 6 nitrogen and oxygen atoms in total. The molecular formula is C21H29N3O3S. The molecular weight excluding hydrogens is 374 g/mol. The molecule has 0 fully saturated rings. The standard InChI is InChI=1S/C21H29N3O3S/c1-22-21(24-13-14-28(25)16-18-7-5-4-6-8-18)23-12-11-17-9-10-19(26-2)20(15-17)27-3/h4-10,15H,11-14,16H2,1-3H3,(H2,22,23,24). The van der Waals surface area contributed by atoms with Crippen molar-refractivity contribution in [3.8, 4) is 11.5 Å². The average molecular weight is 404 g/mol. The monoisotopic (exact) mass is 403 g/mol. The van der Waals surface area contributed by atoms with Gasteiger partial charge in [-0.25, -0.2) is 0 Å². The molecule has 0 amide bonds. The third-order valence-corrected chi connectivity index (χ3v) is 5.49. The number of ether oxygens (including phenoxy) is 2. The van der Waals surface area contributed by atoms with Gasteiger partial charge in [-0.2, -0.15) is 0 Å². The molecule has 7 heteroatoms. The lowest BCUT2D eigenvalue weighted by Crippen LogP contribution is -2.40. The fourth-order valence-electron chi connectivity index (χ4n) is 2.70. The Kier molecular flexibility index (Phi) is 9.34. The zero-order chi connectivity index (χ0) is 20.2. The number of hydrogen-bond donors (Lipinski definition) is 2. The van der Waals surface area contributed by atoms with Crippen LogP contribution in [0.5, 0.6) is 11.5 Å². The van der Waals surface area contributed by atoms with Crippen LogP contribution in [0.3, 0.4) is 0 Å². The van der Waals surface area contributed by atoms with Gasteiger partial charge < -0.3 is 20.1 Å². The van der Waals surface area contributed by atoms with Crippen LogP contribution in [0.2, 0.25) is 0 Å². The van der Waals surface area contributed by atoms with Crippen molar-refractivity contribution in [2.45, 2.75) is 12.2 Å². The topological polar surface area (TPSA) is 72.0 Å². The van der Waals surface area contributed by atoms with Crippen molar-refractivity contribution in [3.63, 3.8) is 0 Å². The molecule has 2 N–H and O–H groups in total. The Labute approximate surface area is 169 Å². The SMILES string of the molecule is CN=C(NCCc1ccc(OC)c(OC)c1)NCCS(=O)Cc1ccccc1. The summed E-state index contributed by atoms with van der Waals surface area (Å²) in [7, 11) is 4.08. The average Bonchev–Trinajstić information content (AvgIpc) is 2.73. The third-order valence-electron chi connectivity index (χ3n) is 4.17. The summed E-state index contributed by atoms with van der Waals surface area (Å²) in [4.78, 5) is 4.21. The molecule has 0 spiro atoms. The third kappa shape index (κ3) is 7.23. The Morgan fingerprint density at radius 3 is 2.36 bits per heavy atom. The van der Waals surface area contributed by atoms with Gasteiger partial charge >= 0.3 is 0 Å². The van der Waals surface area contributed by atoms with Crippen LogP contribution in [0.15, 0.2) is 53.5 Å². The minimum absolute atomic E-state index is 0.575. The van der Waals surface area contributed by atoms with Crippen molar-refractivity contribution in [2.24, 2.45) is 4.99 Å². The first kappa shape index (κ1) is 21.8. The zero-order valence-electron chi connectivity index (χ0n) is 16.7. The van der Waals surface area contributed by atoms with Crippen LogP contribution < -0.4 is 20.1 Å². The van der Waals surface area contributed by atoms with Crippen LogP contribution >= 0.6 is 0 Å². The van der Waals surface area contributed by atoms with Crippen LogP contribution in [-0.4, -0.2) is 50.3 Å². The highest BCUT2D eigenvalue weighted by atomic mass is 32.2. The second kappa shape index (κ2) is 12.0. The van der Waals surface area contributed by atoms with Crippen LogP contribution in [-0.2, 0) is 23.0 Å². The normalized spacial score (nSPS) is 12.3. The fraction of sp³-hybridized carbons (Fsp3) is 0.381. The van der Waals surface area contributed by atoms with Crippen LogP contribution in [0.25, 0.3) is 0 Å². The summed E-state index contributed by atoms with van der Waals surface area (Å²) in [5.74, 6) is 3.31. The van der Waals surface area contributed by atoms with Gasteiger partial charge in [-0.1, -0.05) is 36.4 Å². The second-order valence-electron chi connectivity index (χ2n) is 6.14. The van der Waals surface area contributed by atoms with Crippen molar-refractivity contribution in [1.29, 1.82) is 0 Å². The van der Waals surface area contributed by atoms with E-state index in [1.165, 1.54) is 0 Å². The first-order valence-electron chi connectivity index (χ1n) is 9.20. The molecule has 152 valence electrons. The Bertz CT molecular complexity index is 782. The predicted octanol–water partition coefficient (Wildman–Crippen LogP) is 2.36. The van der Waals surface area contributed by atoms with Gasteiger partial charge in [-0.15, -0.1) is 0 Å². The number of rotatable bonds is 10. The van der Waals surface area contributed by atoms with Gasteiger partial charge in [0.1, 0.15) is 0 Å². The highest BCUT2D eigenvalue weighted by Gasteiger charge is 2.06. The summed E-state index contributed by atoms with van der Waals surface area (Å²) in [6.45, 7) is 1.33. The van der Waals surface area contributed by atoms with E-state index in [2.05, 4.69) is 15.6 Å². The van der Waals surface area contributed by atoms with Crippen LogP contribution in [0.1, 0.15) is 11.1 Å². The van der Waals surface area contributed by atoms with Crippen molar-refractivity contribution >= 4 is 16.8 Å². The lowest BCUT2D eigenvalue weighted by atomic mass is 10.1. The van der Waals surface area contributed by atoms with E-state index in [0.717, 1.165) is 35.6 Å². The number of guanidine groups is 1. The molecule has 2 rings (SSSR count). The first-order valence-corrected chi connectivity index (χ1v) is 10.7. The van der Waals surface area contributed by atoms with Gasteiger partial charge in [-0.05, 0) is 29.7 Å². The van der Waals surface area contributed by atoms with Crippen molar-refractivity contribution in [3.05, 3.63) is 59.7 Å². The second-order valence-corrected chi connectivity index (χ2v) is 7.72. The van der Waals surface area contributed by atoms with Gasteiger partial charge in [0, 0.05) is 42.4 Å². The number of nitrogens with zero attached hydrogens (tertiary/aromatic N) is 1. The van der Waals surface area contributed by atoms with E-state index in [0.29, 0.717) is 24.0 Å². The number of aliphatic imine (C=N–C) groups is 1. The Morgan fingerprint density at radius 1 is 0.964 bits per heavy atom. The summed E-state index contributed by atoms with van der Waals surface area (Å²) < 4.78 is 22.8. The number of hydrogen-bond acceptors (Lipinski definition) is 4. The maximum absolute atomic E-state index is 12.2. The van der Waals surface area contributed by atoms with E-state index in [4.69, 9.17) is 9.47 Å². The molecule has 0 saturated carbocycles. The number of nitrogens with one attached hydrogen (secondary N) is 2. The first-order chi connectivity index (χ1) is 13.7. The van der Waals surface area contributed by atoms with E-state index in [1.54, 1.807) is 21.3 Å². The molecule has 2 aromatic carbocycles. The van der Waals surface area contributed by atoms with Crippen molar-refractivity contribution in [2.75, 3.05) is 40.1 Å². The van der Waals surface area contributed by atoms with Crippen molar-refractivity contribution < 1.29 is 13.7 Å². The van der Waals surface area contributed by atoms with E-state index in [-0.39, 0.29) is 0 Å². The maximum Gasteiger partial charge on any atom is 0.191 e. The predicted molar refractivity (Wildman–Crippen MR) is 116 cm³/mol. The highest BCUT2D eigenvalue weighted by molar-refractivity contribution is 7.84. The lowest BCUT2D eigenvalue weighted by Gasteiger charge is -2.13. The summed E-state index contributed by atoms with van der Waals surface area (Å²) in [5.41, 5.74) is 2.24. The van der Waals surface area contributed by atoms with Crippen molar-refractivity contribution in [1.82, 2.24) is 10.6 Å². The Hall–Kier alpha value is -2.54. The highest BCUT2D eigenvalue weighted by Crippen LogP contribution is 2.27. The summed E-state index contributed by atoms with van der Waals surface area (Å²) >= 11 is 0. The molecule has 28 heavy (non-hydrogen) atoms.